The first-order chi connectivity index (χ1) is 7.69. The zero-order chi connectivity index (χ0) is 12.0. The first-order valence-corrected chi connectivity index (χ1v) is 5.63. The second-order valence-electron chi connectivity index (χ2n) is 3.20. The SMILES string of the molecule is CCOC=Nc1cc(C)c(OCC)c(Cl)c1. The van der Waals surface area contributed by atoms with E-state index in [-0.39, 0.29) is 0 Å². The van der Waals surface area contributed by atoms with Crippen LogP contribution in [0, 0.1) is 6.92 Å². The molecule has 3 nitrogen and oxygen atoms in total. The molecule has 0 radical (unpaired) electrons. The minimum atomic E-state index is 0.575. The maximum absolute atomic E-state index is 6.09. The van der Waals surface area contributed by atoms with Crippen LogP contribution in [-0.4, -0.2) is 19.6 Å². The van der Waals surface area contributed by atoms with E-state index in [4.69, 9.17) is 21.1 Å². The van der Waals surface area contributed by atoms with Crippen molar-refractivity contribution >= 4 is 23.7 Å². The van der Waals surface area contributed by atoms with Gasteiger partial charge in [-0.1, -0.05) is 11.6 Å². The van der Waals surface area contributed by atoms with Crippen molar-refractivity contribution in [3.63, 3.8) is 0 Å². The monoisotopic (exact) mass is 241 g/mol. The molecule has 0 saturated carbocycles. The molecule has 0 amide bonds. The molecule has 0 atom stereocenters. The van der Waals surface area contributed by atoms with Crippen molar-refractivity contribution in [2.45, 2.75) is 20.8 Å². The summed E-state index contributed by atoms with van der Waals surface area (Å²) in [6.45, 7) is 6.98. The average molecular weight is 242 g/mol. The van der Waals surface area contributed by atoms with Gasteiger partial charge in [-0.3, -0.25) is 0 Å². The van der Waals surface area contributed by atoms with Gasteiger partial charge in [-0.2, -0.15) is 0 Å². The van der Waals surface area contributed by atoms with Gasteiger partial charge in [-0.15, -0.1) is 0 Å². The number of halogens is 1. The fourth-order valence-electron chi connectivity index (χ4n) is 1.29. The number of rotatable bonds is 5. The third kappa shape index (κ3) is 3.42. The zero-order valence-electron chi connectivity index (χ0n) is 9.79. The van der Waals surface area contributed by atoms with Crippen molar-refractivity contribution in [2.24, 2.45) is 4.99 Å². The van der Waals surface area contributed by atoms with Gasteiger partial charge in [0.05, 0.1) is 23.9 Å². The second-order valence-corrected chi connectivity index (χ2v) is 3.60. The smallest absolute Gasteiger partial charge is 0.174 e. The first kappa shape index (κ1) is 12.8. The van der Waals surface area contributed by atoms with Gasteiger partial charge in [0.25, 0.3) is 0 Å². The van der Waals surface area contributed by atoms with Crippen LogP contribution in [0.3, 0.4) is 0 Å². The van der Waals surface area contributed by atoms with Crippen LogP contribution in [0.15, 0.2) is 17.1 Å². The van der Waals surface area contributed by atoms with E-state index in [1.54, 1.807) is 6.07 Å². The van der Waals surface area contributed by atoms with Crippen LogP contribution in [0.25, 0.3) is 0 Å². The fraction of sp³-hybridized carbons (Fsp3) is 0.417. The minimum absolute atomic E-state index is 0.575. The molecule has 0 saturated heterocycles. The quantitative estimate of drug-likeness (QED) is 0.581. The topological polar surface area (TPSA) is 30.8 Å². The summed E-state index contributed by atoms with van der Waals surface area (Å²) in [7, 11) is 0. The molecular weight excluding hydrogens is 226 g/mol. The Labute approximate surface area is 101 Å². The van der Waals surface area contributed by atoms with Gasteiger partial charge in [-0.05, 0) is 38.5 Å². The molecule has 0 fully saturated rings. The molecule has 16 heavy (non-hydrogen) atoms. The number of aryl methyl sites for hydroxylation is 1. The van der Waals surface area contributed by atoms with Crippen molar-refractivity contribution in [1.29, 1.82) is 0 Å². The Hall–Kier alpha value is -1.22. The van der Waals surface area contributed by atoms with E-state index >= 15 is 0 Å². The third-order valence-electron chi connectivity index (χ3n) is 1.95. The third-order valence-corrected chi connectivity index (χ3v) is 2.23. The van der Waals surface area contributed by atoms with Gasteiger partial charge < -0.3 is 9.47 Å². The minimum Gasteiger partial charge on any atom is -0.492 e. The lowest BCUT2D eigenvalue weighted by Crippen LogP contribution is -1.94. The first-order valence-electron chi connectivity index (χ1n) is 5.26. The highest BCUT2D eigenvalue weighted by molar-refractivity contribution is 6.32. The molecule has 0 unspecified atom stereocenters. The number of hydrogen-bond donors (Lipinski definition) is 0. The number of hydrogen-bond acceptors (Lipinski definition) is 3. The van der Waals surface area contributed by atoms with Crippen molar-refractivity contribution in [1.82, 2.24) is 0 Å². The molecule has 1 aromatic carbocycles. The summed E-state index contributed by atoms with van der Waals surface area (Å²) in [6, 6.07) is 3.67. The molecule has 0 spiro atoms. The standard InChI is InChI=1S/C12H16ClNO2/c1-4-15-8-14-10-6-9(3)12(16-5-2)11(13)7-10/h6-8H,4-5H2,1-3H3. The van der Waals surface area contributed by atoms with Crippen molar-refractivity contribution in [3.05, 3.63) is 22.7 Å². The lowest BCUT2D eigenvalue weighted by Gasteiger charge is -2.09. The Balaban J connectivity index is 2.91. The van der Waals surface area contributed by atoms with E-state index in [1.165, 1.54) is 6.40 Å². The number of aliphatic imine (C=N–C) groups is 1. The van der Waals surface area contributed by atoms with E-state index in [0.717, 1.165) is 17.0 Å². The molecule has 1 rings (SSSR count). The number of nitrogens with zero attached hydrogens (tertiary/aromatic N) is 1. The predicted octanol–water partition coefficient (Wildman–Crippen LogP) is 3.74. The number of benzene rings is 1. The summed E-state index contributed by atoms with van der Waals surface area (Å²) in [4.78, 5) is 4.13. The fourth-order valence-corrected chi connectivity index (χ4v) is 1.60. The van der Waals surface area contributed by atoms with Crippen molar-refractivity contribution in [3.8, 4) is 5.75 Å². The summed E-state index contributed by atoms with van der Waals surface area (Å²) < 4.78 is 10.5. The summed E-state index contributed by atoms with van der Waals surface area (Å²) in [6.07, 6.45) is 1.42. The van der Waals surface area contributed by atoms with Crippen LogP contribution in [0.5, 0.6) is 5.75 Å². The van der Waals surface area contributed by atoms with E-state index in [2.05, 4.69) is 4.99 Å². The van der Waals surface area contributed by atoms with Gasteiger partial charge in [0.15, 0.2) is 6.40 Å². The Morgan fingerprint density at radius 1 is 1.31 bits per heavy atom. The highest BCUT2D eigenvalue weighted by Gasteiger charge is 2.06. The zero-order valence-corrected chi connectivity index (χ0v) is 10.5. The molecule has 0 N–H and O–H groups in total. The van der Waals surface area contributed by atoms with E-state index < -0.39 is 0 Å². The Kier molecular flexibility index (Phi) is 5.12. The molecule has 0 heterocycles. The lowest BCUT2D eigenvalue weighted by molar-refractivity contribution is 0.338. The van der Waals surface area contributed by atoms with Gasteiger partial charge >= 0.3 is 0 Å². The summed E-state index contributed by atoms with van der Waals surface area (Å²) in [5.41, 5.74) is 1.73. The van der Waals surface area contributed by atoms with Crippen LogP contribution < -0.4 is 4.74 Å². The van der Waals surface area contributed by atoms with Crippen LogP contribution in [0.1, 0.15) is 19.4 Å². The second kappa shape index (κ2) is 6.38. The van der Waals surface area contributed by atoms with Gasteiger partial charge in [0, 0.05) is 0 Å². The molecule has 1 aromatic rings. The molecule has 0 bridgehead atoms. The summed E-state index contributed by atoms with van der Waals surface area (Å²) >= 11 is 6.09. The summed E-state index contributed by atoms with van der Waals surface area (Å²) in [5.74, 6) is 0.722. The summed E-state index contributed by atoms with van der Waals surface area (Å²) in [5, 5.41) is 0.575. The van der Waals surface area contributed by atoms with Crippen LogP contribution >= 0.6 is 11.6 Å². The number of ether oxygens (including phenoxy) is 2. The maximum atomic E-state index is 6.09. The highest BCUT2D eigenvalue weighted by Crippen LogP contribution is 2.32. The van der Waals surface area contributed by atoms with Crippen LogP contribution in [-0.2, 0) is 4.74 Å². The average Bonchev–Trinajstić information content (AvgIpc) is 2.24. The molecule has 4 heteroatoms. The van der Waals surface area contributed by atoms with Crippen LogP contribution in [0.4, 0.5) is 5.69 Å². The van der Waals surface area contributed by atoms with Crippen molar-refractivity contribution < 1.29 is 9.47 Å². The maximum Gasteiger partial charge on any atom is 0.174 e. The predicted molar refractivity (Wildman–Crippen MR) is 67.1 cm³/mol. The molecule has 88 valence electrons. The highest BCUT2D eigenvalue weighted by atomic mass is 35.5. The lowest BCUT2D eigenvalue weighted by atomic mass is 10.2. The Morgan fingerprint density at radius 2 is 2.06 bits per heavy atom. The molecule has 0 aliphatic carbocycles. The largest absolute Gasteiger partial charge is 0.492 e. The molecular formula is C12H16ClNO2. The van der Waals surface area contributed by atoms with Gasteiger partial charge in [0.2, 0.25) is 0 Å². The van der Waals surface area contributed by atoms with E-state index in [9.17, 15) is 0 Å². The Bertz CT molecular complexity index is 354. The molecule has 0 aromatic heterocycles. The molecule has 0 aliphatic heterocycles. The van der Waals surface area contributed by atoms with Gasteiger partial charge in [0.1, 0.15) is 5.75 Å². The Morgan fingerprint density at radius 3 is 2.62 bits per heavy atom. The van der Waals surface area contributed by atoms with Crippen LogP contribution in [0.2, 0.25) is 5.02 Å². The van der Waals surface area contributed by atoms with Gasteiger partial charge in [-0.25, -0.2) is 4.99 Å². The molecule has 0 aliphatic rings. The normalized spacial score (nSPS) is 10.8. The van der Waals surface area contributed by atoms with Crippen molar-refractivity contribution in [2.75, 3.05) is 13.2 Å². The van der Waals surface area contributed by atoms with E-state index in [0.29, 0.717) is 18.2 Å². The van der Waals surface area contributed by atoms with E-state index in [1.807, 2.05) is 26.8 Å².